The van der Waals surface area contributed by atoms with Crippen LogP contribution in [-0.4, -0.2) is 34.2 Å². The molecule has 0 radical (unpaired) electrons. The number of nitrogens with one attached hydrogen (secondary N) is 2. The van der Waals surface area contributed by atoms with Gasteiger partial charge in [0.1, 0.15) is 11.9 Å². The number of hydrogen-bond donors (Lipinski definition) is 2. The maximum atomic E-state index is 12.1. The zero-order valence-corrected chi connectivity index (χ0v) is 15.0. The summed E-state index contributed by atoms with van der Waals surface area (Å²) >= 11 is 0. The fraction of sp³-hybridized carbons (Fsp3) is 0.368. The molecule has 0 aliphatic carbocycles. The number of para-hydroxylation sites is 1. The quantitative estimate of drug-likeness (QED) is 0.674. The predicted molar refractivity (Wildman–Crippen MR) is 98.3 cm³/mol. The van der Waals surface area contributed by atoms with Crippen molar-refractivity contribution in [2.45, 2.75) is 30.3 Å². The third kappa shape index (κ3) is 5.04. The van der Waals surface area contributed by atoms with E-state index in [0.717, 1.165) is 38.1 Å². The van der Waals surface area contributed by atoms with E-state index in [-0.39, 0.29) is 6.10 Å². The first kappa shape index (κ1) is 17.9. The van der Waals surface area contributed by atoms with Gasteiger partial charge in [-0.1, -0.05) is 36.4 Å². The van der Waals surface area contributed by atoms with E-state index in [4.69, 9.17) is 4.74 Å². The Morgan fingerprint density at radius 2 is 1.68 bits per heavy atom. The van der Waals surface area contributed by atoms with Gasteiger partial charge < -0.3 is 10.1 Å². The van der Waals surface area contributed by atoms with Gasteiger partial charge in [-0.05, 0) is 43.1 Å². The highest BCUT2D eigenvalue weighted by molar-refractivity contribution is 7.89. The summed E-state index contributed by atoms with van der Waals surface area (Å²) in [5.41, 5.74) is 1.27. The lowest BCUT2D eigenvalue weighted by atomic mass is 10.1. The van der Waals surface area contributed by atoms with E-state index in [9.17, 15) is 8.42 Å². The highest BCUT2D eigenvalue weighted by Crippen LogP contribution is 2.27. The molecule has 2 N–H and O–H groups in total. The Kier molecular flexibility index (Phi) is 6.07. The maximum absolute atomic E-state index is 12.1. The summed E-state index contributed by atoms with van der Waals surface area (Å²) in [6, 6.07) is 16.6. The third-order valence-corrected chi connectivity index (χ3v) is 5.69. The summed E-state index contributed by atoms with van der Waals surface area (Å²) in [4.78, 5) is 0.311. The van der Waals surface area contributed by atoms with Gasteiger partial charge in [0.25, 0.3) is 0 Å². The Hall–Kier alpha value is -1.89. The molecule has 6 heteroatoms. The number of unbranched alkanes of at least 4 members (excludes halogenated alkanes) is 1. The average molecular weight is 360 g/mol. The van der Waals surface area contributed by atoms with Gasteiger partial charge in [0.05, 0.1) is 4.90 Å². The van der Waals surface area contributed by atoms with Gasteiger partial charge >= 0.3 is 0 Å². The molecule has 0 spiro atoms. The molecular weight excluding hydrogens is 336 g/mol. The van der Waals surface area contributed by atoms with Crippen molar-refractivity contribution in [3.8, 4) is 5.75 Å². The zero-order valence-electron chi connectivity index (χ0n) is 14.1. The van der Waals surface area contributed by atoms with Crippen LogP contribution in [-0.2, 0) is 16.4 Å². The van der Waals surface area contributed by atoms with Crippen molar-refractivity contribution in [3.05, 3.63) is 60.2 Å². The van der Waals surface area contributed by atoms with Crippen LogP contribution in [0.4, 0.5) is 0 Å². The van der Waals surface area contributed by atoms with Crippen LogP contribution in [0.3, 0.4) is 0 Å². The lowest BCUT2D eigenvalue weighted by Gasteiger charge is -2.12. The Labute approximate surface area is 149 Å². The lowest BCUT2D eigenvalue weighted by Crippen LogP contribution is -2.31. The second-order valence-electron chi connectivity index (χ2n) is 6.17. The number of sulfonamides is 1. The standard InChI is InChI=1S/C19H24N2O3S/c22-25(23,18-9-2-1-3-10-18)21-13-7-6-12-20-15-17-14-16-8-4-5-11-19(16)24-17/h1-5,8-11,17,20-21H,6-7,12-15H2. The predicted octanol–water partition coefficient (Wildman–Crippen LogP) is 2.34. The van der Waals surface area contributed by atoms with Gasteiger partial charge in [-0.15, -0.1) is 0 Å². The number of rotatable bonds is 9. The van der Waals surface area contributed by atoms with E-state index in [1.807, 2.05) is 18.2 Å². The molecule has 0 aromatic heterocycles. The van der Waals surface area contributed by atoms with E-state index in [1.165, 1.54) is 5.56 Å². The first-order chi connectivity index (χ1) is 12.1. The summed E-state index contributed by atoms with van der Waals surface area (Å²) in [5.74, 6) is 0.990. The molecule has 0 amide bonds. The summed E-state index contributed by atoms with van der Waals surface area (Å²) < 4.78 is 32.6. The van der Waals surface area contributed by atoms with Crippen LogP contribution >= 0.6 is 0 Å². The van der Waals surface area contributed by atoms with Gasteiger partial charge in [-0.2, -0.15) is 0 Å². The third-order valence-electron chi connectivity index (χ3n) is 4.21. The minimum atomic E-state index is -3.39. The van der Waals surface area contributed by atoms with Crippen molar-refractivity contribution in [2.24, 2.45) is 0 Å². The SMILES string of the molecule is O=S(=O)(NCCCCNCC1Cc2ccccc2O1)c1ccccc1. The molecule has 1 aliphatic rings. The number of ether oxygens (including phenoxy) is 1. The van der Waals surface area contributed by atoms with Gasteiger partial charge in [-0.25, -0.2) is 13.1 Å². The van der Waals surface area contributed by atoms with E-state index >= 15 is 0 Å². The molecule has 2 aromatic rings. The maximum Gasteiger partial charge on any atom is 0.240 e. The molecule has 1 heterocycles. The highest BCUT2D eigenvalue weighted by Gasteiger charge is 2.21. The van der Waals surface area contributed by atoms with Crippen molar-refractivity contribution >= 4 is 10.0 Å². The van der Waals surface area contributed by atoms with Crippen molar-refractivity contribution in [1.29, 1.82) is 0 Å². The Bertz CT molecular complexity index is 753. The monoisotopic (exact) mass is 360 g/mol. The summed E-state index contributed by atoms with van der Waals surface area (Å²) in [6.07, 6.45) is 2.84. The van der Waals surface area contributed by atoms with Crippen LogP contribution in [0.5, 0.6) is 5.75 Å². The Balaban J connectivity index is 1.28. The average Bonchev–Trinajstić information content (AvgIpc) is 3.04. The van der Waals surface area contributed by atoms with Gasteiger partial charge in [-0.3, -0.25) is 0 Å². The Morgan fingerprint density at radius 3 is 2.48 bits per heavy atom. The summed E-state index contributed by atoms with van der Waals surface area (Å²) in [6.45, 7) is 2.11. The van der Waals surface area contributed by atoms with Gasteiger partial charge in [0.15, 0.2) is 0 Å². The van der Waals surface area contributed by atoms with E-state index in [0.29, 0.717) is 11.4 Å². The topological polar surface area (TPSA) is 67.4 Å². The van der Waals surface area contributed by atoms with E-state index in [1.54, 1.807) is 30.3 Å². The molecule has 0 saturated carbocycles. The van der Waals surface area contributed by atoms with Gasteiger partial charge in [0.2, 0.25) is 10.0 Å². The number of hydrogen-bond acceptors (Lipinski definition) is 4. The first-order valence-corrected chi connectivity index (χ1v) is 10.1. The Morgan fingerprint density at radius 1 is 0.960 bits per heavy atom. The van der Waals surface area contributed by atoms with Crippen molar-refractivity contribution < 1.29 is 13.2 Å². The van der Waals surface area contributed by atoms with E-state index < -0.39 is 10.0 Å². The zero-order chi connectivity index (χ0) is 17.5. The first-order valence-electron chi connectivity index (χ1n) is 8.65. The second-order valence-corrected chi connectivity index (χ2v) is 7.94. The summed E-state index contributed by atoms with van der Waals surface area (Å²) in [7, 11) is -3.39. The largest absolute Gasteiger partial charge is 0.488 e. The molecule has 3 rings (SSSR count). The smallest absolute Gasteiger partial charge is 0.240 e. The fourth-order valence-electron chi connectivity index (χ4n) is 2.90. The number of benzene rings is 2. The van der Waals surface area contributed by atoms with Crippen molar-refractivity contribution in [3.63, 3.8) is 0 Å². The molecule has 0 saturated heterocycles. The summed E-state index contributed by atoms with van der Waals surface area (Å²) in [5, 5.41) is 3.39. The van der Waals surface area contributed by atoms with Crippen molar-refractivity contribution in [2.75, 3.05) is 19.6 Å². The molecule has 1 aliphatic heterocycles. The highest BCUT2D eigenvalue weighted by atomic mass is 32.2. The molecule has 1 atom stereocenters. The molecule has 2 aromatic carbocycles. The van der Waals surface area contributed by atoms with Crippen LogP contribution in [0, 0.1) is 0 Å². The van der Waals surface area contributed by atoms with E-state index in [2.05, 4.69) is 16.1 Å². The van der Waals surface area contributed by atoms with Crippen LogP contribution in [0.15, 0.2) is 59.5 Å². The lowest BCUT2D eigenvalue weighted by molar-refractivity contribution is 0.227. The minimum absolute atomic E-state index is 0.189. The fourth-order valence-corrected chi connectivity index (χ4v) is 3.99. The van der Waals surface area contributed by atoms with Crippen LogP contribution < -0.4 is 14.8 Å². The second kappa shape index (κ2) is 8.47. The minimum Gasteiger partial charge on any atom is -0.488 e. The molecular formula is C19H24N2O3S. The van der Waals surface area contributed by atoms with Crippen LogP contribution in [0.25, 0.3) is 0 Å². The van der Waals surface area contributed by atoms with Crippen LogP contribution in [0.1, 0.15) is 18.4 Å². The normalized spacial score (nSPS) is 16.4. The molecule has 25 heavy (non-hydrogen) atoms. The molecule has 0 bridgehead atoms. The van der Waals surface area contributed by atoms with Crippen LogP contribution in [0.2, 0.25) is 0 Å². The number of fused-ring (bicyclic) bond motifs is 1. The molecule has 0 fully saturated rings. The molecule has 134 valence electrons. The van der Waals surface area contributed by atoms with Gasteiger partial charge in [0, 0.05) is 19.5 Å². The molecule has 5 nitrogen and oxygen atoms in total. The van der Waals surface area contributed by atoms with Crippen molar-refractivity contribution in [1.82, 2.24) is 10.0 Å². The molecule has 1 unspecified atom stereocenters.